The quantitative estimate of drug-likeness (QED) is 0.258. The highest BCUT2D eigenvalue weighted by Crippen LogP contribution is 2.48. The SMILES string of the molecule is CCCCCCCC1CCC(C2CCC(C3CCC(CCCCC)CC3)C(F)C2F)CC1. The molecule has 0 radical (unpaired) electrons. The van der Waals surface area contributed by atoms with Crippen molar-refractivity contribution in [2.45, 2.75) is 155 Å². The second-order valence-corrected chi connectivity index (χ2v) is 12.1. The van der Waals surface area contributed by atoms with E-state index in [1.807, 2.05) is 0 Å². The summed E-state index contributed by atoms with van der Waals surface area (Å²) in [5.74, 6) is 2.64. The van der Waals surface area contributed by atoms with Gasteiger partial charge >= 0.3 is 0 Å². The fraction of sp³-hybridized carbons (Fsp3) is 1.00. The average molecular weight is 453 g/mol. The van der Waals surface area contributed by atoms with Crippen LogP contribution in [0.4, 0.5) is 8.78 Å². The van der Waals surface area contributed by atoms with Crippen molar-refractivity contribution in [1.82, 2.24) is 0 Å². The molecule has 0 heterocycles. The van der Waals surface area contributed by atoms with Crippen LogP contribution in [-0.2, 0) is 0 Å². The molecular formula is C30H54F2. The molecule has 0 N–H and O–H groups in total. The van der Waals surface area contributed by atoms with Crippen LogP contribution < -0.4 is 0 Å². The minimum atomic E-state index is -1.19. The third-order valence-corrected chi connectivity index (χ3v) is 9.88. The van der Waals surface area contributed by atoms with Gasteiger partial charge in [0.25, 0.3) is 0 Å². The number of hydrogen-bond acceptors (Lipinski definition) is 0. The van der Waals surface area contributed by atoms with E-state index in [-0.39, 0.29) is 11.8 Å². The maximum absolute atomic E-state index is 15.4. The molecule has 4 atom stereocenters. The van der Waals surface area contributed by atoms with Gasteiger partial charge in [-0.15, -0.1) is 0 Å². The number of hydrogen-bond donors (Lipinski definition) is 0. The van der Waals surface area contributed by atoms with Gasteiger partial charge in [-0.3, -0.25) is 0 Å². The summed E-state index contributed by atoms with van der Waals surface area (Å²) in [7, 11) is 0. The summed E-state index contributed by atoms with van der Waals surface area (Å²) in [6.45, 7) is 4.54. The van der Waals surface area contributed by atoms with E-state index < -0.39 is 12.3 Å². The normalized spacial score (nSPS) is 38.6. The summed E-state index contributed by atoms with van der Waals surface area (Å²) in [6, 6.07) is 0. The molecule has 3 saturated carbocycles. The number of rotatable bonds is 12. The Labute approximate surface area is 199 Å². The summed E-state index contributed by atoms with van der Waals surface area (Å²) in [5.41, 5.74) is 0. The first-order chi connectivity index (χ1) is 15.6. The molecule has 0 amide bonds. The van der Waals surface area contributed by atoms with Gasteiger partial charge in [0.1, 0.15) is 12.3 Å². The van der Waals surface area contributed by atoms with Crippen molar-refractivity contribution in [1.29, 1.82) is 0 Å². The van der Waals surface area contributed by atoms with Crippen LogP contribution in [0.1, 0.15) is 142 Å². The first-order valence-corrected chi connectivity index (χ1v) is 14.9. The molecule has 0 aromatic heterocycles. The van der Waals surface area contributed by atoms with E-state index >= 15 is 8.78 Å². The molecule has 2 heteroatoms. The molecule has 3 aliphatic carbocycles. The summed E-state index contributed by atoms with van der Waals surface area (Å²) in [4.78, 5) is 0. The standard InChI is InChI=1S/C30H54F2/c1-3-5-7-8-10-12-24-15-19-26(20-16-24)28-22-21-27(29(31)30(28)32)25-17-13-23(14-18-25)11-9-6-4-2/h23-30H,3-22H2,1-2H3. The number of halogens is 2. The van der Waals surface area contributed by atoms with Crippen molar-refractivity contribution >= 4 is 0 Å². The van der Waals surface area contributed by atoms with Crippen LogP contribution in [0.25, 0.3) is 0 Å². The predicted octanol–water partition coefficient (Wildman–Crippen LogP) is 10.2. The van der Waals surface area contributed by atoms with E-state index in [1.54, 1.807) is 0 Å². The van der Waals surface area contributed by atoms with E-state index in [0.717, 1.165) is 50.4 Å². The van der Waals surface area contributed by atoms with Gasteiger partial charge in [0, 0.05) is 0 Å². The van der Waals surface area contributed by atoms with Crippen LogP contribution in [-0.4, -0.2) is 12.3 Å². The summed E-state index contributed by atoms with van der Waals surface area (Å²) >= 11 is 0. The highest BCUT2D eigenvalue weighted by Gasteiger charge is 2.46. The first-order valence-electron chi connectivity index (χ1n) is 14.9. The van der Waals surface area contributed by atoms with E-state index in [1.165, 1.54) is 89.9 Å². The Morgan fingerprint density at radius 3 is 1.28 bits per heavy atom. The van der Waals surface area contributed by atoms with Gasteiger partial charge in [0.05, 0.1) is 0 Å². The lowest BCUT2D eigenvalue weighted by Crippen LogP contribution is -2.45. The molecular weight excluding hydrogens is 398 g/mol. The van der Waals surface area contributed by atoms with Crippen molar-refractivity contribution in [3.63, 3.8) is 0 Å². The minimum Gasteiger partial charge on any atom is -0.244 e. The fourth-order valence-corrected chi connectivity index (χ4v) is 7.70. The van der Waals surface area contributed by atoms with E-state index in [9.17, 15) is 0 Å². The zero-order chi connectivity index (χ0) is 22.8. The van der Waals surface area contributed by atoms with E-state index in [4.69, 9.17) is 0 Å². The van der Waals surface area contributed by atoms with Crippen LogP contribution in [0.15, 0.2) is 0 Å². The van der Waals surface area contributed by atoms with E-state index in [2.05, 4.69) is 13.8 Å². The third kappa shape index (κ3) is 7.69. The van der Waals surface area contributed by atoms with Crippen molar-refractivity contribution < 1.29 is 8.78 Å². The molecule has 3 aliphatic rings. The van der Waals surface area contributed by atoms with Crippen LogP contribution in [0.3, 0.4) is 0 Å². The molecule has 0 nitrogen and oxygen atoms in total. The van der Waals surface area contributed by atoms with Gasteiger partial charge in [-0.25, -0.2) is 8.78 Å². The molecule has 0 aliphatic heterocycles. The second-order valence-electron chi connectivity index (χ2n) is 12.1. The molecule has 0 bridgehead atoms. The third-order valence-electron chi connectivity index (χ3n) is 9.88. The summed E-state index contributed by atoms with van der Waals surface area (Å²) in [6.07, 6.45) is 22.8. The molecule has 0 aromatic carbocycles. The molecule has 0 saturated heterocycles. The fourth-order valence-electron chi connectivity index (χ4n) is 7.70. The Balaban J connectivity index is 1.36. The Morgan fingerprint density at radius 1 is 0.469 bits per heavy atom. The second kappa shape index (κ2) is 14.3. The van der Waals surface area contributed by atoms with Crippen LogP contribution >= 0.6 is 0 Å². The van der Waals surface area contributed by atoms with Gasteiger partial charge in [-0.05, 0) is 74.0 Å². The largest absolute Gasteiger partial charge is 0.244 e. The van der Waals surface area contributed by atoms with Crippen molar-refractivity contribution in [2.24, 2.45) is 35.5 Å². The Bertz CT molecular complexity index is 475. The maximum atomic E-state index is 15.4. The molecule has 0 aromatic rings. The molecule has 0 spiro atoms. The molecule has 4 unspecified atom stereocenters. The zero-order valence-corrected chi connectivity index (χ0v) is 21.5. The Morgan fingerprint density at radius 2 is 0.844 bits per heavy atom. The maximum Gasteiger partial charge on any atom is 0.134 e. The van der Waals surface area contributed by atoms with Gasteiger partial charge in [0.2, 0.25) is 0 Å². The minimum absolute atomic E-state index is 0.0112. The van der Waals surface area contributed by atoms with Gasteiger partial charge < -0.3 is 0 Å². The first kappa shape index (κ1) is 26.5. The van der Waals surface area contributed by atoms with Crippen molar-refractivity contribution in [3.05, 3.63) is 0 Å². The number of alkyl halides is 2. The van der Waals surface area contributed by atoms with Crippen LogP contribution in [0, 0.1) is 35.5 Å². The molecule has 188 valence electrons. The van der Waals surface area contributed by atoms with E-state index in [0.29, 0.717) is 11.8 Å². The topological polar surface area (TPSA) is 0 Å². The van der Waals surface area contributed by atoms with Crippen molar-refractivity contribution in [2.75, 3.05) is 0 Å². The lowest BCUT2D eigenvalue weighted by molar-refractivity contribution is -0.0371. The predicted molar refractivity (Wildman–Crippen MR) is 134 cm³/mol. The van der Waals surface area contributed by atoms with Gasteiger partial charge in [-0.2, -0.15) is 0 Å². The zero-order valence-electron chi connectivity index (χ0n) is 21.5. The summed E-state index contributed by atoms with van der Waals surface area (Å²) < 4.78 is 30.7. The monoisotopic (exact) mass is 452 g/mol. The van der Waals surface area contributed by atoms with Crippen molar-refractivity contribution in [3.8, 4) is 0 Å². The highest BCUT2D eigenvalue weighted by molar-refractivity contribution is 4.95. The highest BCUT2D eigenvalue weighted by atomic mass is 19.2. The van der Waals surface area contributed by atoms with Crippen LogP contribution in [0.2, 0.25) is 0 Å². The lowest BCUT2D eigenvalue weighted by atomic mass is 9.63. The summed E-state index contributed by atoms with van der Waals surface area (Å²) in [5, 5.41) is 0. The Kier molecular flexibility index (Phi) is 11.8. The van der Waals surface area contributed by atoms with Gasteiger partial charge in [-0.1, -0.05) is 104 Å². The molecule has 3 rings (SSSR count). The van der Waals surface area contributed by atoms with Crippen LogP contribution in [0.5, 0.6) is 0 Å². The lowest BCUT2D eigenvalue weighted by Gasteiger charge is -2.44. The average Bonchev–Trinajstić information content (AvgIpc) is 2.82. The Hall–Kier alpha value is -0.140. The smallest absolute Gasteiger partial charge is 0.134 e. The molecule has 3 fully saturated rings. The van der Waals surface area contributed by atoms with Gasteiger partial charge in [0.15, 0.2) is 0 Å². The number of unbranched alkanes of at least 4 members (excludes halogenated alkanes) is 6. The molecule has 32 heavy (non-hydrogen) atoms.